The molecule has 1 heterocycles. The van der Waals surface area contributed by atoms with Crippen LogP contribution in [-0.2, 0) is 14.3 Å². The molecular weight excluding hydrogens is 156 g/mol. The molecule has 68 valence electrons. The minimum atomic E-state index is -0.175. The van der Waals surface area contributed by atoms with Crippen molar-refractivity contribution in [3.05, 3.63) is 0 Å². The number of fused-ring (bicyclic) bond motifs is 1. The molecule has 1 aliphatic carbocycles. The maximum atomic E-state index is 10.7. The topological polar surface area (TPSA) is 38.8 Å². The Balaban J connectivity index is 1.92. The van der Waals surface area contributed by atoms with E-state index in [1.54, 1.807) is 0 Å². The standard InChI is InChI=1S/C9H14O3/c1-5-7(11-6(2)10)3-4-8-9(5)12-8/h5,7-9H,3-4H2,1-2H3. The highest BCUT2D eigenvalue weighted by Gasteiger charge is 2.50. The van der Waals surface area contributed by atoms with Crippen molar-refractivity contribution in [1.82, 2.24) is 0 Å². The third-order valence-corrected chi connectivity index (χ3v) is 2.78. The lowest BCUT2D eigenvalue weighted by atomic mass is 9.88. The van der Waals surface area contributed by atoms with E-state index >= 15 is 0 Å². The van der Waals surface area contributed by atoms with Crippen LogP contribution < -0.4 is 0 Å². The van der Waals surface area contributed by atoms with Crippen molar-refractivity contribution in [2.45, 2.75) is 45.0 Å². The molecule has 1 aliphatic heterocycles. The summed E-state index contributed by atoms with van der Waals surface area (Å²) >= 11 is 0. The molecule has 1 saturated carbocycles. The average molecular weight is 170 g/mol. The van der Waals surface area contributed by atoms with Crippen molar-refractivity contribution < 1.29 is 14.3 Å². The first-order chi connectivity index (χ1) is 5.68. The molecule has 0 aromatic rings. The zero-order chi connectivity index (χ0) is 8.72. The normalized spacial score (nSPS) is 44.8. The maximum absolute atomic E-state index is 10.7. The number of carbonyl (C=O) groups excluding carboxylic acids is 1. The first kappa shape index (κ1) is 8.05. The summed E-state index contributed by atoms with van der Waals surface area (Å²) in [5.74, 6) is 0.207. The first-order valence-corrected chi connectivity index (χ1v) is 4.51. The number of hydrogen-bond donors (Lipinski definition) is 0. The zero-order valence-electron chi connectivity index (χ0n) is 7.45. The molecule has 0 aromatic heterocycles. The summed E-state index contributed by atoms with van der Waals surface area (Å²) in [5.41, 5.74) is 0. The summed E-state index contributed by atoms with van der Waals surface area (Å²) in [6.45, 7) is 3.56. The predicted molar refractivity (Wildman–Crippen MR) is 42.6 cm³/mol. The van der Waals surface area contributed by atoms with Gasteiger partial charge in [0.1, 0.15) is 6.10 Å². The van der Waals surface area contributed by atoms with Crippen LogP contribution in [0.25, 0.3) is 0 Å². The van der Waals surface area contributed by atoms with Gasteiger partial charge in [-0.25, -0.2) is 0 Å². The predicted octanol–water partition coefficient (Wildman–Crippen LogP) is 1.12. The molecule has 4 unspecified atom stereocenters. The van der Waals surface area contributed by atoms with Crippen LogP contribution in [0.4, 0.5) is 0 Å². The van der Waals surface area contributed by atoms with Crippen LogP contribution in [0, 0.1) is 5.92 Å². The third kappa shape index (κ3) is 1.33. The van der Waals surface area contributed by atoms with Crippen LogP contribution in [0.5, 0.6) is 0 Å². The molecule has 0 radical (unpaired) electrons. The van der Waals surface area contributed by atoms with E-state index in [-0.39, 0.29) is 12.1 Å². The number of epoxide rings is 1. The summed E-state index contributed by atoms with van der Waals surface area (Å²) < 4.78 is 10.6. The van der Waals surface area contributed by atoms with Gasteiger partial charge in [0.2, 0.25) is 0 Å². The van der Waals surface area contributed by atoms with Crippen LogP contribution in [0.2, 0.25) is 0 Å². The average Bonchev–Trinajstić information content (AvgIpc) is 2.73. The van der Waals surface area contributed by atoms with Gasteiger partial charge in [0, 0.05) is 12.8 Å². The minimum absolute atomic E-state index is 0.0891. The van der Waals surface area contributed by atoms with Gasteiger partial charge >= 0.3 is 5.97 Å². The molecule has 12 heavy (non-hydrogen) atoms. The second-order valence-corrected chi connectivity index (χ2v) is 3.72. The highest BCUT2D eigenvalue weighted by molar-refractivity contribution is 5.66. The van der Waals surface area contributed by atoms with E-state index in [1.807, 2.05) is 0 Å². The fourth-order valence-corrected chi connectivity index (χ4v) is 2.03. The number of rotatable bonds is 1. The molecule has 2 aliphatic rings. The molecule has 4 atom stereocenters. The Morgan fingerprint density at radius 2 is 2.25 bits per heavy atom. The highest BCUT2D eigenvalue weighted by Crippen LogP contribution is 2.41. The van der Waals surface area contributed by atoms with Gasteiger partial charge in [0.15, 0.2) is 0 Å². The smallest absolute Gasteiger partial charge is 0.302 e. The van der Waals surface area contributed by atoms with E-state index in [4.69, 9.17) is 9.47 Å². The largest absolute Gasteiger partial charge is 0.462 e. The third-order valence-electron chi connectivity index (χ3n) is 2.78. The van der Waals surface area contributed by atoms with Crippen molar-refractivity contribution in [2.75, 3.05) is 0 Å². The molecule has 1 saturated heterocycles. The molecule has 0 N–H and O–H groups in total. The van der Waals surface area contributed by atoms with E-state index in [0.29, 0.717) is 18.1 Å². The van der Waals surface area contributed by atoms with Gasteiger partial charge < -0.3 is 9.47 Å². The Morgan fingerprint density at radius 3 is 2.92 bits per heavy atom. The minimum Gasteiger partial charge on any atom is -0.462 e. The highest BCUT2D eigenvalue weighted by atomic mass is 16.6. The molecule has 2 fully saturated rings. The summed E-state index contributed by atoms with van der Waals surface area (Å²) in [6.07, 6.45) is 2.93. The van der Waals surface area contributed by atoms with Crippen molar-refractivity contribution in [1.29, 1.82) is 0 Å². The van der Waals surface area contributed by atoms with Gasteiger partial charge in [-0.1, -0.05) is 6.92 Å². The second-order valence-electron chi connectivity index (χ2n) is 3.72. The van der Waals surface area contributed by atoms with Gasteiger partial charge in [0.05, 0.1) is 12.2 Å². The number of hydrogen-bond acceptors (Lipinski definition) is 3. The van der Waals surface area contributed by atoms with Gasteiger partial charge in [-0.15, -0.1) is 0 Å². The Labute approximate surface area is 72.0 Å². The van der Waals surface area contributed by atoms with Crippen molar-refractivity contribution in [3.8, 4) is 0 Å². The maximum Gasteiger partial charge on any atom is 0.302 e. The van der Waals surface area contributed by atoms with Crippen molar-refractivity contribution in [2.24, 2.45) is 5.92 Å². The van der Waals surface area contributed by atoms with Crippen molar-refractivity contribution >= 4 is 5.97 Å². The van der Waals surface area contributed by atoms with Crippen LogP contribution in [-0.4, -0.2) is 24.3 Å². The van der Waals surface area contributed by atoms with Gasteiger partial charge in [-0.2, -0.15) is 0 Å². The van der Waals surface area contributed by atoms with E-state index in [1.165, 1.54) is 6.92 Å². The lowest BCUT2D eigenvalue weighted by molar-refractivity contribution is -0.150. The number of carbonyl (C=O) groups is 1. The summed E-state index contributed by atoms with van der Waals surface area (Å²) in [5, 5.41) is 0. The number of esters is 1. The fraction of sp³-hybridized carbons (Fsp3) is 0.889. The summed E-state index contributed by atoms with van der Waals surface area (Å²) in [6, 6.07) is 0. The Bertz CT molecular complexity index is 202. The molecule has 0 spiro atoms. The van der Waals surface area contributed by atoms with E-state index in [9.17, 15) is 4.79 Å². The van der Waals surface area contributed by atoms with E-state index in [0.717, 1.165) is 12.8 Å². The molecule has 0 bridgehead atoms. The molecule has 2 rings (SSSR count). The quantitative estimate of drug-likeness (QED) is 0.437. The molecule has 0 amide bonds. The van der Waals surface area contributed by atoms with Crippen LogP contribution in [0.15, 0.2) is 0 Å². The first-order valence-electron chi connectivity index (χ1n) is 4.51. The van der Waals surface area contributed by atoms with E-state index < -0.39 is 0 Å². The van der Waals surface area contributed by atoms with Crippen molar-refractivity contribution in [3.63, 3.8) is 0 Å². The molecular formula is C9H14O3. The van der Waals surface area contributed by atoms with Gasteiger partial charge in [-0.05, 0) is 12.8 Å². The number of ether oxygens (including phenoxy) is 2. The lowest BCUT2D eigenvalue weighted by Crippen LogP contribution is -2.32. The van der Waals surface area contributed by atoms with Gasteiger partial charge in [0.25, 0.3) is 0 Å². The monoisotopic (exact) mass is 170 g/mol. The Kier molecular flexibility index (Phi) is 1.83. The fourth-order valence-electron chi connectivity index (χ4n) is 2.03. The molecule has 3 heteroatoms. The second kappa shape index (κ2) is 2.73. The van der Waals surface area contributed by atoms with Crippen LogP contribution in [0.3, 0.4) is 0 Å². The SMILES string of the molecule is CC(=O)OC1CCC2OC2C1C. The van der Waals surface area contributed by atoms with Crippen LogP contribution in [0.1, 0.15) is 26.7 Å². The summed E-state index contributed by atoms with van der Waals surface area (Å²) in [4.78, 5) is 10.7. The van der Waals surface area contributed by atoms with Crippen LogP contribution >= 0.6 is 0 Å². The molecule has 0 aromatic carbocycles. The van der Waals surface area contributed by atoms with Gasteiger partial charge in [-0.3, -0.25) is 4.79 Å². The Morgan fingerprint density at radius 1 is 1.50 bits per heavy atom. The molecule has 3 nitrogen and oxygen atoms in total. The van der Waals surface area contributed by atoms with E-state index in [2.05, 4.69) is 6.92 Å². The lowest BCUT2D eigenvalue weighted by Gasteiger charge is -2.25. The Hall–Kier alpha value is -0.570. The zero-order valence-corrected chi connectivity index (χ0v) is 7.45. The summed E-state index contributed by atoms with van der Waals surface area (Å²) in [7, 11) is 0.